The number of nitrogens with one attached hydrogen (secondary N) is 2. The molecule has 2 aromatic rings. The Bertz CT molecular complexity index is 899. The summed E-state index contributed by atoms with van der Waals surface area (Å²) >= 11 is 8.77. The Morgan fingerprint density at radius 3 is 2.67 bits per heavy atom. The summed E-state index contributed by atoms with van der Waals surface area (Å²) in [7, 11) is 1.59. The van der Waals surface area contributed by atoms with Gasteiger partial charge in [-0.3, -0.25) is 0 Å². The van der Waals surface area contributed by atoms with Gasteiger partial charge in [-0.15, -0.1) is 0 Å². The normalized spacial score (nSPS) is 16.4. The van der Waals surface area contributed by atoms with Gasteiger partial charge in [-0.25, -0.2) is 4.79 Å². The van der Waals surface area contributed by atoms with Crippen LogP contribution in [0.4, 0.5) is 0 Å². The molecule has 0 saturated heterocycles. The largest absolute Gasteiger partial charge is 0.496 e. The van der Waals surface area contributed by atoms with Crippen LogP contribution in [0.2, 0.25) is 0 Å². The van der Waals surface area contributed by atoms with Gasteiger partial charge in [0.15, 0.2) is 5.11 Å². The molecule has 140 valence electrons. The molecule has 1 atom stereocenters. The molecule has 0 fully saturated rings. The van der Waals surface area contributed by atoms with Crippen LogP contribution in [-0.2, 0) is 16.1 Å². The summed E-state index contributed by atoms with van der Waals surface area (Å²) in [4.78, 5) is 12.9. The molecule has 0 saturated carbocycles. The summed E-state index contributed by atoms with van der Waals surface area (Å²) < 4.78 is 11.9. The molecule has 1 heterocycles. The fraction of sp³-hybridized carbons (Fsp3) is 0.200. The first kappa shape index (κ1) is 19.4. The van der Waals surface area contributed by atoms with Gasteiger partial charge in [0.25, 0.3) is 0 Å². The van der Waals surface area contributed by atoms with Crippen LogP contribution in [0, 0.1) is 0 Å². The zero-order valence-corrected chi connectivity index (χ0v) is 17.3. The van der Waals surface area contributed by atoms with E-state index in [1.165, 1.54) is 0 Å². The third kappa shape index (κ3) is 4.48. The molecule has 0 radical (unpaired) electrons. The van der Waals surface area contributed by atoms with Crippen molar-refractivity contribution in [3.8, 4) is 5.75 Å². The first-order valence-electron chi connectivity index (χ1n) is 8.32. The quantitative estimate of drug-likeness (QED) is 0.534. The molecule has 3 rings (SSSR count). The number of thiocarbonyl (C=S) groups is 1. The third-order valence-electron chi connectivity index (χ3n) is 4.20. The average Bonchev–Trinajstić information content (AvgIpc) is 2.66. The van der Waals surface area contributed by atoms with Crippen LogP contribution in [0.3, 0.4) is 0 Å². The van der Waals surface area contributed by atoms with Crippen LogP contribution >= 0.6 is 28.1 Å². The second-order valence-electron chi connectivity index (χ2n) is 6.02. The number of ether oxygens (including phenoxy) is 2. The van der Waals surface area contributed by atoms with Gasteiger partial charge in [0.1, 0.15) is 12.4 Å². The number of hydrogen-bond donors (Lipinski definition) is 2. The molecule has 0 spiro atoms. The number of benzene rings is 2. The van der Waals surface area contributed by atoms with E-state index in [0.29, 0.717) is 22.1 Å². The number of carbonyl (C=O) groups is 1. The molecule has 5 nitrogen and oxygen atoms in total. The number of halogens is 1. The van der Waals surface area contributed by atoms with Gasteiger partial charge in [-0.05, 0) is 42.9 Å². The molecule has 7 heteroatoms. The molecule has 27 heavy (non-hydrogen) atoms. The first-order valence-corrected chi connectivity index (χ1v) is 9.52. The fourth-order valence-electron chi connectivity index (χ4n) is 2.93. The highest BCUT2D eigenvalue weighted by Crippen LogP contribution is 2.35. The molecule has 0 amide bonds. The number of methoxy groups -OCH3 is 1. The lowest BCUT2D eigenvalue weighted by atomic mass is 9.95. The van der Waals surface area contributed by atoms with E-state index >= 15 is 0 Å². The minimum Gasteiger partial charge on any atom is -0.496 e. The van der Waals surface area contributed by atoms with Gasteiger partial charge < -0.3 is 20.1 Å². The van der Waals surface area contributed by atoms with Crippen molar-refractivity contribution in [2.75, 3.05) is 7.11 Å². The van der Waals surface area contributed by atoms with Crippen LogP contribution in [0.1, 0.15) is 24.1 Å². The van der Waals surface area contributed by atoms with Crippen molar-refractivity contribution in [1.29, 1.82) is 0 Å². The van der Waals surface area contributed by atoms with Crippen LogP contribution < -0.4 is 15.4 Å². The summed E-state index contributed by atoms with van der Waals surface area (Å²) in [5, 5.41) is 6.61. The van der Waals surface area contributed by atoms with Crippen LogP contribution in [0.15, 0.2) is 64.3 Å². The topological polar surface area (TPSA) is 59.6 Å². The molecule has 1 aliphatic rings. The van der Waals surface area contributed by atoms with E-state index < -0.39 is 12.0 Å². The summed E-state index contributed by atoms with van der Waals surface area (Å²) in [6.07, 6.45) is 0. The second kappa shape index (κ2) is 8.54. The SMILES string of the molecule is COc1ccc(Br)cc1C1NC(=S)NC(C)=C1C(=O)OCc1ccccc1. The van der Waals surface area contributed by atoms with E-state index in [9.17, 15) is 4.79 Å². The summed E-state index contributed by atoms with van der Waals surface area (Å²) in [5.74, 6) is 0.243. The first-order chi connectivity index (χ1) is 13.0. The summed E-state index contributed by atoms with van der Waals surface area (Å²) in [6, 6.07) is 14.7. The number of esters is 1. The summed E-state index contributed by atoms with van der Waals surface area (Å²) in [5.41, 5.74) is 2.84. The Labute approximate surface area is 171 Å². The standard InChI is InChI=1S/C20H19BrN2O3S/c1-12-17(19(24)26-11-13-6-4-3-5-7-13)18(23-20(27)22-12)15-10-14(21)8-9-16(15)25-2/h3-10,18H,11H2,1-2H3,(H2,22,23,27). The highest BCUT2D eigenvalue weighted by atomic mass is 79.9. The van der Waals surface area contributed by atoms with Crippen LogP contribution in [-0.4, -0.2) is 18.2 Å². The number of hydrogen-bond acceptors (Lipinski definition) is 4. The molecule has 1 aliphatic heterocycles. The van der Waals surface area contributed by atoms with E-state index in [2.05, 4.69) is 26.6 Å². The van der Waals surface area contributed by atoms with Crippen molar-refractivity contribution in [3.05, 3.63) is 75.4 Å². The highest BCUT2D eigenvalue weighted by Gasteiger charge is 2.33. The van der Waals surface area contributed by atoms with Gasteiger partial charge in [-0.1, -0.05) is 46.3 Å². The number of rotatable bonds is 5. The van der Waals surface area contributed by atoms with Gasteiger partial charge in [0, 0.05) is 15.7 Å². The zero-order valence-electron chi connectivity index (χ0n) is 14.9. The lowest BCUT2D eigenvalue weighted by Crippen LogP contribution is -2.45. The molecular weight excluding hydrogens is 428 g/mol. The minimum absolute atomic E-state index is 0.198. The maximum atomic E-state index is 12.9. The van der Waals surface area contributed by atoms with Crippen LogP contribution in [0.25, 0.3) is 0 Å². The van der Waals surface area contributed by atoms with Crippen molar-refractivity contribution in [2.24, 2.45) is 0 Å². The minimum atomic E-state index is -0.477. The molecule has 1 unspecified atom stereocenters. The van der Waals surface area contributed by atoms with E-state index in [4.69, 9.17) is 21.7 Å². The second-order valence-corrected chi connectivity index (χ2v) is 7.34. The predicted molar refractivity (Wildman–Crippen MR) is 111 cm³/mol. The lowest BCUT2D eigenvalue weighted by Gasteiger charge is -2.30. The number of allylic oxidation sites excluding steroid dienone is 1. The Balaban J connectivity index is 1.92. The van der Waals surface area contributed by atoms with Gasteiger partial charge in [0.05, 0.1) is 18.7 Å². The Morgan fingerprint density at radius 1 is 1.22 bits per heavy atom. The fourth-order valence-corrected chi connectivity index (χ4v) is 3.58. The maximum absolute atomic E-state index is 12.9. The smallest absolute Gasteiger partial charge is 0.338 e. The van der Waals surface area contributed by atoms with E-state index in [-0.39, 0.29) is 6.61 Å². The molecule has 2 N–H and O–H groups in total. The Kier molecular flexibility index (Phi) is 6.13. The average molecular weight is 447 g/mol. The van der Waals surface area contributed by atoms with Crippen molar-refractivity contribution < 1.29 is 14.3 Å². The van der Waals surface area contributed by atoms with E-state index in [1.54, 1.807) is 7.11 Å². The van der Waals surface area contributed by atoms with Crippen molar-refractivity contribution in [2.45, 2.75) is 19.6 Å². The maximum Gasteiger partial charge on any atom is 0.338 e. The zero-order chi connectivity index (χ0) is 19.4. The molecule has 0 aromatic heterocycles. The third-order valence-corrected chi connectivity index (χ3v) is 4.92. The van der Waals surface area contributed by atoms with Gasteiger partial charge >= 0.3 is 5.97 Å². The van der Waals surface area contributed by atoms with E-state index in [0.717, 1.165) is 15.6 Å². The molecule has 0 aliphatic carbocycles. The molecule has 0 bridgehead atoms. The predicted octanol–water partition coefficient (Wildman–Crippen LogP) is 3.99. The molecule has 2 aromatic carbocycles. The Hall–Kier alpha value is -2.38. The van der Waals surface area contributed by atoms with Crippen molar-refractivity contribution >= 4 is 39.2 Å². The lowest BCUT2D eigenvalue weighted by molar-refractivity contribution is -0.140. The van der Waals surface area contributed by atoms with Crippen molar-refractivity contribution in [3.63, 3.8) is 0 Å². The number of carbonyl (C=O) groups excluding carboxylic acids is 1. The van der Waals surface area contributed by atoms with Crippen molar-refractivity contribution in [1.82, 2.24) is 10.6 Å². The van der Waals surface area contributed by atoms with E-state index in [1.807, 2.05) is 55.5 Å². The highest BCUT2D eigenvalue weighted by molar-refractivity contribution is 9.10. The Morgan fingerprint density at radius 2 is 1.96 bits per heavy atom. The monoisotopic (exact) mass is 446 g/mol. The summed E-state index contributed by atoms with van der Waals surface area (Å²) in [6.45, 7) is 2.01. The van der Waals surface area contributed by atoms with Gasteiger partial charge in [0.2, 0.25) is 0 Å². The van der Waals surface area contributed by atoms with Crippen LogP contribution in [0.5, 0.6) is 5.75 Å². The van der Waals surface area contributed by atoms with Gasteiger partial charge in [-0.2, -0.15) is 0 Å². The molecular formula is C20H19BrN2O3S.